The number of rotatable bonds is 6. The van der Waals surface area contributed by atoms with E-state index in [-0.39, 0.29) is 12.2 Å². The van der Waals surface area contributed by atoms with Crippen LogP contribution < -0.4 is 15.6 Å². The third-order valence-electron chi connectivity index (χ3n) is 5.67. The van der Waals surface area contributed by atoms with Gasteiger partial charge in [0.15, 0.2) is 6.61 Å². The number of halogens is 2. The minimum Gasteiger partial charge on any atom is -0.483 e. The second-order valence-corrected chi connectivity index (χ2v) is 9.14. The van der Waals surface area contributed by atoms with E-state index in [1.165, 1.54) is 29.1 Å². The molecule has 0 saturated carbocycles. The normalized spacial score (nSPS) is 11.3. The zero-order valence-corrected chi connectivity index (χ0v) is 21.2. The molecule has 1 N–H and O–H groups in total. The highest BCUT2D eigenvalue weighted by Crippen LogP contribution is 2.27. The summed E-state index contributed by atoms with van der Waals surface area (Å²) in [4.78, 5) is 30.1. The van der Waals surface area contributed by atoms with Crippen LogP contribution in [0.15, 0.2) is 93.2 Å². The molecule has 0 spiro atoms. The molecule has 0 aliphatic carbocycles. The van der Waals surface area contributed by atoms with Crippen molar-refractivity contribution in [3.63, 3.8) is 0 Å². The Kier molecular flexibility index (Phi) is 6.78. The molecular weight excluding hydrogens is 539 g/mol. The molecule has 5 aromatic rings. The van der Waals surface area contributed by atoms with Gasteiger partial charge in [0, 0.05) is 15.7 Å². The molecular formula is C28H20BrFN4O3. The highest BCUT2D eigenvalue weighted by molar-refractivity contribution is 9.10. The zero-order chi connectivity index (χ0) is 25.9. The maximum Gasteiger partial charge on any atom is 0.282 e. The molecule has 184 valence electrons. The molecule has 0 aliphatic heterocycles. The third kappa shape index (κ3) is 5.26. The number of fused-ring (bicyclic) bond motifs is 2. The highest BCUT2D eigenvalue weighted by Gasteiger charge is 2.12. The van der Waals surface area contributed by atoms with Gasteiger partial charge in [0.25, 0.3) is 11.5 Å². The van der Waals surface area contributed by atoms with Gasteiger partial charge in [0.2, 0.25) is 0 Å². The Morgan fingerprint density at radius 1 is 1.08 bits per heavy atom. The molecule has 1 amide bonds. The molecule has 37 heavy (non-hydrogen) atoms. The van der Waals surface area contributed by atoms with Crippen LogP contribution in [0.4, 0.5) is 10.1 Å². The van der Waals surface area contributed by atoms with E-state index < -0.39 is 11.7 Å². The average molecular weight is 559 g/mol. The van der Waals surface area contributed by atoms with E-state index in [1.807, 2.05) is 36.4 Å². The molecule has 0 saturated heterocycles. The molecule has 1 heterocycles. The number of carbonyl (C=O) groups is 1. The van der Waals surface area contributed by atoms with Gasteiger partial charge in [-0.05, 0) is 60.2 Å². The molecule has 0 radical (unpaired) electrons. The molecule has 0 unspecified atom stereocenters. The van der Waals surface area contributed by atoms with Gasteiger partial charge in [-0.25, -0.2) is 9.37 Å². The van der Waals surface area contributed by atoms with Crippen molar-refractivity contribution in [2.75, 3.05) is 11.9 Å². The van der Waals surface area contributed by atoms with Crippen LogP contribution in [-0.2, 0) is 4.79 Å². The summed E-state index contributed by atoms with van der Waals surface area (Å²) in [6.45, 7) is 1.40. The Morgan fingerprint density at radius 2 is 1.92 bits per heavy atom. The minimum atomic E-state index is -0.451. The van der Waals surface area contributed by atoms with Gasteiger partial charge in [0.1, 0.15) is 17.4 Å². The van der Waals surface area contributed by atoms with Crippen molar-refractivity contribution in [3.05, 3.63) is 111 Å². The van der Waals surface area contributed by atoms with Crippen molar-refractivity contribution in [2.24, 2.45) is 5.10 Å². The van der Waals surface area contributed by atoms with Crippen LogP contribution in [0.5, 0.6) is 5.75 Å². The van der Waals surface area contributed by atoms with Crippen LogP contribution in [0.2, 0.25) is 0 Å². The Labute approximate surface area is 219 Å². The number of carbonyl (C=O) groups excluding carboxylic acids is 1. The Bertz CT molecular complexity index is 1750. The van der Waals surface area contributed by atoms with Crippen molar-refractivity contribution < 1.29 is 13.9 Å². The van der Waals surface area contributed by atoms with E-state index in [2.05, 4.69) is 31.3 Å². The molecule has 0 aliphatic rings. The van der Waals surface area contributed by atoms with Crippen molar-refractivity contribution in [3.8, 4) is 5.75 Å². The van der Waals surface area contributed by atoms with E-state index in [1.54, 1.807) is 31.2 Å². The number of hydrogen-bond donors (Lipinski definition) is 1. The molecule has 4 aromatic carbocycles. The first-order chi connectivity index (χ1) is 17.9. The second kappa shape index (κ2) is 10.3. The number of hydrogen-bond acceptors (Lipinski definition) is 5. The van der Waals surface area contributed by atoms with E-state index in [9.17, 15) is 14.0 Å². The Morgan fingerprint density at radius 3 is 2.76 bits per heavy atom. The smallest absolute Gasteiger partial charge is 0.282 e. The predicted octanol–water partition coefficient (Wildman–Crippen LogP) is 5.66. The van der Waals surface area contributed by atoms with E-state index in [0.29, 0.717) is 33.7 Å². The van der Waals surface area contributed by atoms with Gasteiger partial charge in [-0.1, -0.05) is 52.3 Å². The molecule has 1 aromatic heterocycles. The molecule has 0 atom stereocenters. The van der Waals surface area contributed by atoms with E-state index in [0.717, 1.165) is 15.2 Å². The summed E-state index contributed by atoms with van der Waals surface area (Å²) in [5.74, 6) is -0.0712. The van der Waals surface area contributed by atoms with Crippen LogP contribution in [-0.4, -0.2) is 28.4 Å². The first-order valence-corrected chi connectivity index (χ1v) is 12.1. The standard InChI is InChI=1S/C28H20BrFN4O3/c1-17-32-25-11-10-19(29)13-23(25)28(36)34(17)31-15-24-22-8-3-2-5-18(22)9-12-26(24)37-16-27(35)33-21-7-4-6-20(30)14-21/h2-15H,16H2,1H3,(H,33,35). The monoisotopic (exact) mass is 558 g/mol. The summed E-state index contributed by atoms with van der Waals surface area (Å²) in [5.41, 5.74) is 1.20. The van der Waals surface area contributed by atoms with Crippen LogP contribution >= 0.6 is 15.9 Å². The Balaban J connectivity index is 1.49. The number of aromatic nitrogens is 2. The molecule has 9 heteroatoms. The number of amides is 1. The van der Waals surface area contributed by atoms with Crippen molar-refractivity contribution in [1.82, 2.24) is 9.66 Å². The number of anilines is 1. The number of nitrogens with one attached hydrogen (secondary N) is 1. The van der Waals surface area contributed by atoms with Gasteiger partial charge in [-0.2, -0.15) is 9.78 Å². The number of nitrogens with zero attached hydrogens (tertiary/aromatic N) is 3. The lowest BCUT2D eigenvalue weighted by atomic mass is 10.0. The van der Waals surface area contributed by atoms with Gasteiger partial charge < -0.3 is 10.1 Å². The first-order valence-electron chi connectivity index (χ1n) is 11.3. The maximum atomic E-state index is 13.4. The van der Waals surface area contributed by atoms with Crippen molar-refractivity contribution in [2.45, 2.75) is 6.92 Å². The van der Waals surface area contributed by atoms with Crippen molar-refractivity contribution in [1.29, 1.82) is 0 Å². The summed E-state index contributed by atoms with van der Waals surface area (Å²) in [6, 6.07) is 22.2. The fraction of sp³-hybridized carbons (Fsp3) is 0.0714. The highest BCUT2D eigenvalue weighted by atomic mass is 79.9. The van der Waals surface area contributed by atoms with E-state index in [4.69, 9.17) is 4.74 Å². The summed E-state index contributed by atoms with van der Waals surface area (Å²) < 4.78 is 21.3. The Hall–Kier alpha value is -4.37. The van der Waals surface area contributed by atoms with Crippen LogP contribution in [0.1, 0.15) is 11.4 Å². The largest absolute Gasteiger partial charge is 0.483 e. The zero-order valence-electron chi connectivity index (χ0n) is 19.6. The summed E-state index contributed by atoms with van der Waals surface area (Å²) in [6.07, 6.45) is 1.53. The summed E-state index contributed by atoms with van der Waals surface area (Å²) >= 11 is 3.39. The molecule has 0 bridgehead atoms. The van der Waals surface area contributed by atoms with Crippen LogP contribution in [0.3, 0.4) is 0 Å². The van der Waals surface area contributed by atoms with Crippen LogP contribution in [0.25, 0.3) is 21.7 Å². The fourth-order valence-electron chi connectivity index (χ4n) is 3.95. The quantitative estimate of drug-likeness (QED) is 0.272. The van der Waals surface area contributed by atoms with Crippen LogP contribution in [0, 0.1) is 12.7 Å². The van der Waals surface area contributed by atoms with Gasteiger partial charge in [-0.15, -0.1) is 0 Å². The van der Waals surface area contributed by atoms with Gasteiger partial charge in [-0.3, -0.25) is 9.59 Å². The number of benzene rings is 4. The lowest BCUT2D eigenvalue weighted by Crippen LogP contribution is -2.21. The number of ether oxygens (including phenoxy) is 1. The second-order valence-electron chi connectivity index (χ2n) is 8.23. The maximum absolute atomic E-state index is 13.4. The summed E-state index contributed by atoms with van der Waals surface area (Å²) in [7, 11) is 0. The SMILES string of the molecule is Cc1nc2ccc(Br)cc2c(=O)n1N=Cc1c(OCC(=O)Nc2cccc(F)c2)ccc2ccccc12. The molecule has 5 rings (SSSR count). The first kappa shape index (κ1) is 24.3. The summed E-state index contributed by atoms with van der Waals surface area (Å²) in [5, 5.41) is 9.26. The molecule has 0 fully saturated rings. The lowest BCUT2D eigenvalue weighted by Gasteiger charge is -2.12. The predicted molar refractivity (Wildman–Crippen MR) is 146 cm³/mol. The van der Waals surface area contributed by atoms with E-state index >= 15 is 0 Å². The minimum absolute atomic E-state index is 0.305. The van der Waals surface area contributed by atoms with Crippen molar-refractivity contribution >= 4 is 55.4 Å². The fourth-order valence-corrected chi connectivity index (χ4v) is 4.31. The lowest BCUT2D eigenvalue weighted by molar-refractivity contribution is -0.118. The molecule has 7 nitrogen and oxygen atoms in total. The number of aryl methyl sites for hydroxylation is 1. The van der Waals surface area contributed by atoms with Gasteiger partial charge >= 0.3 is 0 Å². The topological polar surface area (TPSA) is 85.6 Å². The average Bonchev–Trinajstić information content (AvgIpc) is 2.88. The third-order valence-corrected chi connectivity index (χ3v) is 6.16. The van der Waals surface area contributed by atoms with Gasteiger partial charge in [0.05, 0.1) is 17.1 Å².